The van der Waals surface area contributed by atoms with Crippen LogP contribution in [-0.4, -0.2) is 42.8 Å². The van der Waals surface area contributed by atoms with Crippen LogP contribution in [0.2, 0.25) is 0 Å². The lowest BCUT2D eigenvalue weighted by Crippen LogP contribution is -2.34. The summed E-state index contributed by atoms with van der Waals surface area (Å²) in [5.74, 6) is 0.934. The van der Waals surface area contributed by atoms with Crippen molar-refractivity contribution in [1.29, 1.82) is 5.26 Å². The molecule has 9 nitrogen and oxygen atoms in total. The van der Waals surface area contributed by atoms with Crippen molar-refractivity contribution < 1.29 is 14.3 Å². The molecule has 0 bridgehead atoms. The summed E-state index contributed by atoms with van der Waals surface area (Å²) in [4.78, 5) is 20.0. The second-order valence-electron chi connectivity index (χ2n) is 8.44. The Kier molecular flexibility index (Phi) is 13.3. The molecule has 1 amide bonds. The number of methoxy groups -OCH3 is 1. The molecule has 32 heavy (non-hydrogen) atoms. The molecule has 0 unspecified atom stereocenters. The molecular formula is C23H38N6O3. The summed E-state index contributed by atoms with van der Waals surface area (Å²) in [6.45, 7) is 6.98. The van der Waals surface area contributed by atoms with Crippen LogP contribution in [-0.2, 0) is 4.74 Å². The van der Waals surface area contributed by atoms with E-state index in [1.165, 1.54) is 25.7 Å². The van der Waals surface area contributed by atoms with Crippen LogP contribution in [0.15, 0.2) is 23.3 Å². The number of carbonyl (C=O) groups excluding carboxylic acids is 1. The van der Waals surface area contributed by atoms with Crippen LogP contribution in [0.4, 0.5) is 10.5 Å². The molecule has 1 heterocycles. The Hall–Kier alpha value is -3.02. The van der Waals surface area contributed by atoms with Gasteiger partial charge in [-0.1, -0.05) is 38.5 Å². The summed E-state index contributed by atoms with van der Waals surface area (Å²) in [6.07, 6.45) is 12.1. The smallest absolute Gasteiger partial charge is 0.407 e. The topological polar surface area (TPSA) is 121 Å². The van der Waals surface area contributed by atoms with Gasteiger partial charge in [0.15, 0.2) is 6.19 Å². The average Bonchev–Trinajstić information content (AvgIpc) is 2.74. The summed E-state index contributed by atoms with van der Waals surface area (Å²) >= 11 is 0. The van der Waals surface area contributed by atoms with Gasteiger partial charge in [0.25, 0.3) is 0 Å². The zero-order valence-corrected chi connectivity index (χ0v) is 19.9. The Bertz CT molecular complexity index is 723. The van der Waals surface area contributed by atoms with E-state index in [0.29, 0.717) is 24.1 Å². The van der Waals surface area contributed by atoms with Crippen molar-refractivity contribution in [3.05, 3.63) is 18.3 Å². The molecule has 0 aromatic carbocycles. The first-order valence-electron chi connectivity index (χ1n) is 11.3. The molecule has 0 fully saturated rings. The van der Waals surface area contributed by atoms with Gasteiger partial charge in [0.05, 0.1) is 19.0 Å². The van der Waals surface area contributed by atoms with E-state index in [9.17, 15) is 4.79 Å². The van der Waals surface area contributed by atoms with E-state index < -0.39 is 5.60 Å². The van der Waals surface area contributed by atoms with Crippen molar-refractivity contribution in [2.45, 2.75) is 77.7 Å². The van der Waals surface area contributed by atoms with Crippen LogP contribution in [0.5, 0.6) is 5.88 Å². The molecule has 0 radical (unpaired) electrons. The van der Waals surface area contributed by atoms with Crippen molar-refractivity contribution in [3.8, 4) is 12.1 Å². The van der Waals surface area contributed by atoms with Gasteiger partial charge >= 0.3 is 6.09 Å². The fourth-order valence-electron chi connectivity index (χ4n) is 2.88. The Morgan fingerprint density at radius 2 is 1.62 bits per heavy atom. The molecule has 0 saturated carbocycles. The van der Waals surface area contributed by atoms with Gasteiger partial charge < -0.3 is 20.1 Å². The van der Waals surface area contributed by atoms with Crippen LogP contribution in [0, 0.1) is 11.5 Å². The number of amides is 1. The number of guanidine groups is 1. The molecule has 1 rings (SSSR count). The van der Waals surface area contributed by atoms with Gasteiger partial charge in [0.2, 0.25) is 11.8 Å². The van der Waals surface area contributed by atoms with E-state index in [2.05, 4.69) is 25.9 Å². The highest BCUT2D eigenvalue weighted by atomic mass is 16.6. The number of unbranched alkanes of at least 4 members (excludes halogenated alkanes) is 7. The fourth-order valence-corrected chi connectivity index (χ4v) is 2.88. The van der Waals surface area contributed by atoms with Crippen LogP contribution in [0.1, 0.15) is 72.1 Å². The summed E-state index contributed by atoms with van der Waals surface area (Å²) < 4.78 is 10.2. The molecule has 0 spiro atoms. The highest BCUT2D eigenvalue weighted by molar-refractivity contribution is 5.83. The number of pyridine rings is 1. The number of aromatic nitrogens is 1. The molecule has 0 aliphatic rings. The van der Waals surface area contributed by atoms with Gasteiger partial charge in [-0.05, 0) is 39.7 Å². The predicted octanol–water partition coefficient (Wildman–Crippen LogP) is 4.38. The Morgan fingerprint density at radius 1 is 1.03 bits per heavy atom. The number of nitrogens with one attached hydrogen (secondary N) is 3. The van der Waals surface area contributed by atoms with Crippen LogP contribution in [0.3, 0.4) is 0 Å². The van der Waals surface area contributed by atoms with Crippen molar-refractivity contribution in [2.24, 2.45) is 4.99 Å². The van der Waals surface area contributed by atoms with E-state index in [-0.39, 0.29) is 6.09 Å². The minimum Gasteiger partial charge on any atom is -0.481 e. The molecule has 1 aromatic rings. The number of alkyl carbamates (subject to hydrolysis) is 1. The van der Waals surface area contributed by atoms with Gasteiger partial charge in [0, 0.05) is 19.2 Å². The Labute approximate surface area is 192 Å². The van der Waals surface area contributed by atoms with Crippen molar-refractivity contribution in [2.75, 3.05) is 20.2 Å². The van der Waals surface area contributed by atoms with Crippen LogP contribution >= 0.6 is 0 Å². The normalized spacial score (nSPS) is 11.4. The minimum absolute atomic E-state index is 0.343. The first-order chi connectivity index (χ1) is 15.3. The molecule has 1 aromatic heterocycles. The number of ether oxygens (including phenoxy) is 2. The monoisotopic (exact) mass is 446 g/mol. The SMILES string of the molecule is COc1ccc(N=C(NC#N)NCCCCCCCCCCNC(=O)OC(C)(C)C)cn1. The summed E-state index contributed by atoms with van der Waals surface area (Å²) in [5, 5.41) is 17.4. The molecule has 0 saturated heterocycles. The number of nitriles is 1. The highest BCUT2D eigenvalue weighted by Gasteiger charge is 2.15. The third-order valence-corrected chi connectivity index (χ3v) is 4.41. The summed E-state index contributed by atoms with van der Waals surface area (Å²) in [7, 11) is 1.56. The molecule has 178 valence electrons. The lowest BCUT2D eigenvalue weighted by atomic mass is 10.1. The van der Waals surface area contributed by atoms with E-state index in [0.717, 1.165) is 32.2 Å². The first kappa shape index (κ1) is 27.0. The number of rotatable bonds is 13. The Balaban J connectivity index is 2.05. The number of nitrogens with zero attached hydrogens (tertiary/aromatic N) is 3. The lowest BCUT2D eigenvalue weighted by molar-refractivity contribution is 0.0527. The largest absolute Gasteiger partial charge is 0.481 e. The molecule has 0 aliphatic heterocycles. The second kappa shape index (κ2) is 15.7. The van der Waals surface area contributed by atoms with E-state index >= 15 is 0 Å². The first-order valence-corrected chi connectivity index (χ1v) is 11.3. The number of aliphatic imine (C=N–C) groups is 1. The number of carbonyl (C=O) groups is 1. The predicted molar refractivity (Wildman–Crippen MR) is 126 cm³/mol. The maximum absolute atomic E-state index is 11.5. The van der Waals surface area contributed by atoms with Crippen LogP contribution < -0.4 is 20.7 Å². The summed E-state index contributed by atoms with van der Waals surface area (Å²) in [6, 6.07) is 3.50. The van der Waals surface area contributed by atoms with E-state index in [4.69, 9.17) is 14.7 Å². The molecule has 0 aliphatic carbocycles. The van der Waals surface area contributed by atoms with Gasteiger partial charge in [-0.15, -0.1) is 0 Å². The maximum Gasteiger partial charge on any atom is 0.407 e. The zero-order chi connectivity index (χ0) is 23.7. The fraction of sp³-hybridized carbons (Fsp3) is 0.652. The molecule has 0 atom stereocenters. The molecule has 9 heteroatoms. The average molecular weight is 447 g/mol. The maximum atomic E-state index is 11.5. The van der Waals surface area contributed by atoms with Crippen molar-refractivity contribution in [3.63, 3.8) is 0 Å². The Morgan fingerprint density at radius 3 is 2.12 bits per heavy atom. The quantitative estimate of drug-likeness (QED) is 0.135. The van der Waals surface area contributed by atoms with Crippen molar-refractivity contribution in [1.82, 2.24) is 20.9 Å². The van der Waals surface area contributed by atoms with E-state index in [1.807, 2.05) is 27.0 Å². The van der Waals surface area contributed by atoms with Gasteiger partial charge in [-0.2, -0.15) is 5.26 Å². The second-order valence-corrected chi connectivity index (χ2v) is 8.44. The highest BCUT2D eigenvalue weighted by Crippen LogP contribution is 2.14. The van der Waals surface area contributed by atoms with E-state index in [1.54, 1.807) is 25.4 Å². The molecule has 3 N–H and O–H groups in total. The number of hydrogen-bond donors (Lipinski definition) is 3. The standard InChI is InChI=1S/C23H38N6O3/c1-23(2,3)32-22(30)26-16-12-10-8-6-5-7-9-11-15-25-21(28-18-24)29-19-13-14-20(31-4)27-17-19/h13-14,17H,5-12,15-16H2,1-4H3,(H,26,30)(H2,25,28,29). The van der Waals surface area contributed by atoms with Crippen molar-refractivity contribution >= 4 is 17.7 Å². The van der Waals surface area contributed by atoms with Gasteiger partial charge in [0.1, 0.15) is 5.60 Å². The summed E-state index contributed by atoms with van der Waals surface area (Å²) in [5.41, 5.74) is 0.186. The minimum atomic E-state index is -0.450. The van der Waals surface area contributed by atoms with Gasteiger partial charge in [-0.3, -0.25) is 5.32 Å². The van der Waals surface area contributed by atoms with Gasteiger partial charge in [-0.25, -0.2) is 14.8 Å². The zero-order valence-electron chi connectivity index (χ0n) is 19.9. The van der Waals surface area contributed by atoms with Crippen LogP contribution in [0.25, 0.3) is 0 Å². The third-order valence-electron chi connectivity index (χ3n) is 4.41. The molecular weight excluding hydrogens is 408 g/mol. The third kappa shape index (κ3) is 14.1. The number of hydrogen-bond acceptors (Lipinski definition) is 6. The lowest BCUT2D eigenvalue weighted by Gasteiger charge is -2.19.